The average Bonchev–Trinajstić information content (AvgIpc) is 3.35. The maximum absolute atomic E-state index is 13.7. The number of carbonyl (C=O) groups excluding carboxylic acids is 1. The quantitative estimate of drug-likeness (QED) is 0.287. The normalized spacial score (nSPS) is 14.2. The number of nitrogens with zero attached hydrogens (tertiary/aromatic N) is 2. The van der Waals surface area contributed by atoms with E-state index in [1.54, 1.807) is 0 Å². The van der Waals surface area contributed by atoms with E-state index in [1.807, 2.05) is 71.6 Å². The summed E-state index contributed by atoms with van der Waals surface area (Å²) in [6.07, 6.45) is 4.21. The van der Waals surface area contributed by atoms with Crippen molar-refractivity contribution in [2.24, 2.45) is 0 Å². The number of carbonyl (C=O) groups is 1. The fourth-order valence-electron chi connectivity index (χ4n) is 4.67. The number of aromatic nitrogens is 1. The summed E-state index contributed by atoms with van der Waals surface area (Å²) < 4.78 is 2.26. The van der Waals surface area contributed by atoms with Crippen molar-refractivity contribution in [1.29, 1.82) is 0 Å². The molecule has 6 rings (SSSR count). The van der Waals surface area contributed by atoms with Gasteiger partial charge in [0, 0.05) is 40.5 Å². The number of anilines is 2. The number of benzene rings is 4. The Hall–Kier alpha value is -4.37. The number of hydrogen-bond acceptors (Lipinski definition) is 1. The fraction of sp³-hybridized carbons (Fsp3) is 0.0333. The van der Waals surface area contributed by atoms with Gasteiger partial charge in [0.05, 0.1) is 11.3 Å². The van der Waals surface area contributed by atoms with Gasteiger partial charge in [-0.3, -0.25) is 9.69 Å². The number of rotatable bonds is 4. The summed E-state index contributed by atoms with van der Waals surface area (Å²) in [6, 6.07) is 36.7. The second-order valence-electron chi connectivity index (χ2n) is 8.27. The Labute approximate surface area is 192 Å². The Balaban J connectivity index is 1.48. The molecule has 0 atom stereocenters. The van der Waals surface area contributed by atoms with Gasteiger partial charge >= 0.3 is 0 Å². The highest BCUT2D eigenvalue weighted by atomic mass is 16.2. The second kappa shape index (κ2) is 7.95. The molecule has 4 aromatic carbocycles. The summed E-state index contributed by atoms with van der Waals surface area (Å²) in [5.74, 6) is 0.00212. The Morgan fingerprint density at radius 2 is 1.36 bits per heavy atom. The van der Waals surface area contributed by atoms with Crippen molar-refractivity contribution in [1.82, 2.24) is 4.57 Å². The van der Waals surface area contributed by atoms with Gasteiger partial charge in [0.1, 0.15) is 0 Å². The standard InChI is InChI=1S/C30H22N2O/c33-30-27(26-16-8-10-18-29(26)32(30)24-13-5-2-6-14-24)19-23-21-31(20-22-11-3-1-4-12-22)28-17-9-7-15-25(23)28/h1-19,21H,20H2/b27-19+. The van der Waals surface area contributed by atoms with E-state index in [-0.39, 0.29) is 5.91 Å². The Kier molecular flexibility index (Phi) is 4.66. The summed E-state index contributed by atoms with van der Waals surface area (Å²) in [5, 5.41) is 1.14. The van der Waals surface area contributed by atoms with Crippen LogP contribution in [0.1, 0.15) is 16.7 Å². The minimum Gasteiger partial charge on any atom is -0.342 e. The summed E-state index contributed by atoms with van der Waals surface area (Å²) in [7, 11) is 0. The number of hydrogen-bond donors (Lipinski definition) is 0. The van der Waals surface area contributed by atoms with Gasteiger partial charge in [-0.05, 0) is 35.9 Å². The Morgan fingerprint density at radius 3 is 2.18 bits per heavy atom. The topological polar surface area (TPSA) is 25.2 Å². The predicted molar refractivity (Wildman–Crippen MR) is 135 cm³/mol. The molecule has 0 bridgehead atoms. The molecule has 0 spiro atoms. The third-order valence-corrected chi connectivity index (χ3v) is 6.20. The predicted octanol–water partition coefficient (Wildman–Crippen LogP) is 6.91. The van der Waals surface area contributed by atoms with E-state index in [1.165, 1.54) is 5.56 Å². The van der Waals surface area contributed by atoms with Crippen LogP contribution in [-0.4, -0.2) is 10.5 Å². The van der Waals surface area contributed by atoms with Crippen molar-refractivity contribution in [3.05, 3.63) is 132 Å². The zero-order valence-electron chi connectivity index (χ0n) is 18.1. The molecule has 1 amide bonds. The van der Waals surface area contributed by atoms with E-state index >= 15 is 0 Å². The third kappa shape index (κ3) is 3.35. The molecule has 0 saturated heterocycles. The van der Waals surface area contributed by atoms with Gasteiger partial charge in [-0.25, -0.2) is 0 Å². The smallest absolute Gasteiger partial charge is 0.263 e. The van der Waals surface area contributed by atoms with Crippen LogP contribution in [0.25, 0.3) is 22.6 Å². The lowest BCUT2D eigenvalue weighted by Gasteiger charge is -2.16. The molecule has 0 saturated carbocycles. The van der Waals surface area contributed by atoms with Crippen LogP contribution < -0.4 is 4.90 Å². The molecular formula is C30H22N2O. The lowest BCUT2D eigenvalue weighted by atomic mass is 10.0. The maximum Gasteiger partial charge on any atom is 0.263 e. The number of amides is 1. The van der Waals surface area contributed by atoms with Crippen LogP contribution >= 0.6 is 0 Å². The van der Waals surface area contributed by atoms with E-state index < -0.39 is 0 Å². The van der Waals surface area contributed by atoms with Gasteiger partial charge < -0.3 is 4.57 Å². The van der Waals surface area contributed by atoms with Crippen molar-refractivity contribution in [3.63, 3.8) is 0 Å². The summed E-state index contributed by atoms with van der Waals surface area (Å²) in [4.78, 5) is 15.5. The van der Waals surface area contributed by atoms with E-state index in [9.17, 15) is 4.79 Å². The lowest BCUT2D eigenvalue weighted by Crippen LogP contribution is -2.20. The van der Waals surface area contributed by atoms with Crippen LogP contribution in [0, 0.1) is 0 Å². The second-order valence-corrected chi connectivity index (χ2v) is 8.27. The first kappa shape index (κ1) is 19.3. The number of fused-ring (bicyclic) bond motifs is 2. The molecule has 3 heteroatoms. The summed E-state index contributed by atoms with van der Waals surface area (Å²) in [6.45, 7) is 0.783. The highest BCUT2D eigenvalue weighted by Gasteiger charge is 2.33. The Morgan fingerprint density at radius 1 is 0.697 bits per heavy atom. The van der Waals surface area contributed by atoms with Gasteiger partial charge in [0.15, 0.2) is 0 Å². The van der Waals surface area contributed by atoms with Crippen LogP contribution in [-0.2, 0) is 11.3 Å². The van der Waals surface area contributed by atoms with Gasteiger partial charge in [-0.2, -0.15) is 0 Å². The van der Waals surface area contributed by atoms with Crippen molar-refractivity contribution in [2.75, 3.05) is 4.90 Å². The molecule has 0 unspecified atom stereocenters. The molecule has 5 aromatic rings. The van der Waals surface area contributed by atoms with Crippen molar-refractivity contribution >= 4 is 39.8 Å². The minimum atomic E-state index is 0.00212. The molecule has 158 valence electrons. The number of para-hydroxylation sites is 3. The van der Waals surface area contributed by atoms with Crippen molar-refractivity contribution in [2.45, 2.75) is 6.54 Å². The summed E-state index contributed by atoms with van der Waals surface area (Å²) >= 11 is 0. The molecule has 0 aliphatic carbocycles. The summed E-state index contributed by atoms with van der Waals surface area (Å²) in [5.41, 5.74) is 6.94. The molecule has 0 N–H and O–H groups in total. The van der Waals surface area contributed by atoms with Gasteiger partial charge in [0.25, 0.3) is 5.91 Å². The van der Waals surface area contributed by atoms with Crippen LogP contribution in [0.3, 0.4) is 0 Å². The third-order valence-electron chi connectivity index (χ3n) is 6.20. The molecule has 2 heterocycles. The van der Waals surface area contributed by atoms with Crippen LogP contribution in [0.4, 0.5) is 11.4 Å². The molecule has 0 fully saturated rings. The van der Waals surface area contributed by atoms with Crippen LogP contribution in [0.5, 0.6) is 0 Å². The highest BCUT2D eigenvalue weighted by Crippen LogP contribution is 2.42. The maximum atomic E-state index is 13.7. The first-order valence-electron chi connectivity index (χ1n) is 11.1. The van der Waals surface area contributed by atoms with Crippen molar-refractivity contribution < 1.29 is 4.79 Å². The monoisotopic (exact) mass is 426 g/mol. The highest BCUT2D eigenvalue weighted by molar-refractivity contribution is 6.38. The first-order chi connectivity index (χ1) is 16.3. The molecule has 33 heavy (non-hydrogen) atoms. The van der Waals surface area contributed by atoms with Crippen molar-refractivity contribution in [3.8, 4) is 0 Å². The van der Waals surface area contributed by atoms with Gasteiger partial charge in [-0.15, -0.1) is 0 Å². The van der Waals surface area contributed by atoms with E-state index in [0.29, 0.717) is 0 Å². The lowest BCUT2D eigenvalue weighted by molar-refractivity contribution is -0.112. The average molecular weight is 427 g/mol. The van der Waals surface area contributed by atoms with E-state index in [0.717, 1.165) is 45.5 Å². The first-order valence-corrected chi connectivity index (χ1v) is 11.1. The van der Waals surface area contributed by atoms with E-state index in [2.05, 4.69) is 59.3 Å². The van der Waals surface area contributed by atoms with Gasteiger partial charge in [-0.1, -0.05) is 84.9 Å². The SMILES string of the molecule is O=C1/C(=C/c2cn(Cc3ccccc3)c3ccccc23)c2ccccc2N1c1ccccc1. The molecule has 1 aliphatic heterocycles. The fourth-order valence-corrected chi connectivity index (χ4v) is 4.67. The molecule has 1 aromatic heterocycles. The van der Waals surface area contributed by atoms with E-state index in [4.69, 9.17) is 0 Å². The largest absolute Gasteiger partial charge is 0.342 e. The minimum absolute atomic E-state index is 0.00212. The molecule has 0 radical (unpaired) electrons. The molecule has 3 nitrogen and oxygen atoms in total. The van der Waals surface area contributed by atoms with Crippen LogP contribution in [0.2, 0.25) is 0 Å². The zero-order chi connectivity index (χ0) is 22.2. The zero-order valence-corrected chi connectivity index (χ0v) is 18.1. The molecular weight excluding hydrogens is 404 g/mol. The van der Waals surface area contributed by atoms with Gasteiger partial charge in [0.2, 0.25) is 0 Å². The Bertz CT molecular complexity index is 1500. The molecule has 1 aliphatic rings. The van der Waals surface area contributed by atoms with Crippen LogP contribution in [0.15, 0.2) is 115 Å².